The van der Waals surface area contributed by atoms with Crippen LogP contribution in [0.4, 0.5) is 0 Å². The molecular weight excluding hydrogens is 465 g/mol. The third kappa shape index (κ3) is 3.68. The molecule has 0 aromatic heterocycles. The predicted octanol–water partition coefficient (Wildman–Crippen LogP) is 9.73. The van der Waals surface area contributed by atoms with Crippen molar-refractivity contribution < 1.29 is 0 Å². The Labute approximate surface area is 219 Å². The van der Waals surface area contributed by atoms with Crippen LogP contribution in [0.2, 0.25) is 36.3 Å². The summed E-state index contributed by atoms with van der Waals surface area (Å²) in [5.74, 6) is 0. The van der Waals surface area contributed by atoms with E-state index in [9.17, 15) is 0 Å². The predicted molar refractivity (Wildman–Crippen MR) is 170 cm³/mol. The van der Waals surface area contributed by atoms with Crippen LogP contribution < -0.4 is 10.4 Å². The van der Waals surface area contributed by atoms with Gasteiger partial charge in [-0.1, -0.05) is 126 Å². The van der Waals surface area contributed by atoms with Crippen molar-refractivity contribution >= 4 is 69.6 Å². The molecule has 0 bridgehead atoms. The van der Waals surface area contributed by atoms with Gasteiger partial charge in [0.15, 0.2) is 0 Å². The van der Waals surface area contributed by atoms with Gasteiger partial charge < -0.3 is 0 Å². The first-order valence-electron chi connectivity index (χ1n) is 14.3. The molecule has 36 heavy (non-hydrogen) atoms. The van der Waals surface area contributed by atoms with Gasteiger partial charge in [-0.15, -0.1) is 0 Å². The summed E-state index contributed by atoms with van der Waals surface area (Å²) in [6.07, 6.45) is 0. The monoisotopic (exact) mass is 506 g/mol. The summed E-state index contributed by atoms with van der Waals surface area (Å²) in [5.41, 5.74) is 0. The van der Waals surface area contributed by atoms with Crippen molar-refractivity contribution in [3.05, 3.63) is 72.8 Å². The first kappa shape index (κ1) is 25.2. The lowest BCUT2D eigenvalue weighted by atomic mass is 9.97. The highest BCUT2D eigenvalue weighted by atomic mass is 28.3. The Kier molecular flexibility index (Phi) is 6.87. The standard InChI is InChI=1S/C34H42Si2/c1-7-35(8-2,9-3)33-29-19-15-16-20-30(29)34(36(10-4,11-5)12-6)32-24-28-22-26-18-14-13-17-25(26)21-27(28)23-31(32)33/h13-24H,7-12H2,1-6H3. The molecule has 5 aromatic rings. The van der Waals surface area contributed by atoms with Gasteiger partial charge >= 0.3 is 0 Å². The molecule has 0 fully saturated rings. The molecule has 186 valence electrons. The Morgan fingerprint density at radius 1 is 0.389 bits per heavy atom. The van der Waals surface area contributed by atoms with E-state index in [4.69, 9.17) is 0 Å². The zero-order valence-electron chi connectivity index (χ0n) is 23.2. The van der Waals surface area contributed by atoms with Crippen LogP contribution in [0.5, 0.6) is 0 Å². The van der Waals surface area contributed by atoms with Gasteiger partial charge in [0.05, 0.1) is 16.1 Å². The van der Waals surface area contributed by atoms with Crippen LogP contribution in [0.25, 0.3) is 43.1 Å². The van der Waals surface area contributed by atoms with Crippen LogP contribution in [0.1, 0.15) is 41.5 Å². The Morgan fingerprint density at radius 2 is 0.722 bits per heavy atom. The van der Waals surface area contributed by atoms with E-state index in [1.165, 1.54) is 57.8 Å². The molecule has 5 aromatic carbocycles. The highest BCUT2D eigenvalue weighted by Gasteiger charge is 2.37. The summed E-state index contributed by atoms with van der Waals surface area (Å²) >= 11 is 0. The van der Waals surface area contributed by atoms with Crippen LogP contribution in [0.3, 0.4) is 0 Å². The Morgan fingerprint density at radius 3 is 1.06 bits per heavy atom. The van der Waals surface area contributed by atoms with Gasteiger partial charge in [0.2, 0.25) is 0 Å². The van der Waals surface area contributed by atoms with E-state index in [2.05, 4.69) is 114 Å². The van der Waals surface area contributed by atoms with E-state index in [1.807, 2.05) is 0 Å². The molecule has 0 amide bonds. The van der Waals surface area contributed by atoms with Crippen molar-refractivity contribution in [2.24, 2.45) is 0 Å². The first-order valence-corrected chi connectivity index (χ1v) is 19.6. The smallest absolute Gasteiger partial charge is 0.0675 e. The Bertz CT molecular complexity index is 1420. The van der Waals surface area contributed by atoms with E-state index in [1.54, 1.807) is 31.9 Å². The van der Waals surface area contributed by atoms with Crippen molar-refractivity contribution in [1.82, 2.24) is 0 Å². The van der Waals surface area contributed by atoms with E-state index in [-0.39, 0.29) is 0 Å². The van der Waals surface area contributed by atoms with Crippen LogP contribution in [0, 0.1) is 0 Å². The average Bonchev–Trinajstić information content (AvgIpc) is 2.93. The lowest BCUT2D eigenvalue weighted by Gasteiger charge is -2.36. The summed E-state index contributed by atoms with van der Waals surface area (Å²) < 4.78 is 0. The maximum Gasteiger partial charge on any atom is 0.0875 e. The molecule has 0 spiro atoms. The van der Waals surface area contributed by atoms with Crippen molar-refractivity contribution in [2.45, 2.75) is 77.8 Å². The van der Waals surface area contributed by atoms with Gasteiger partial charge in [-0.25, -0.2) is 0 Å². The van der Waals surface area contributed by atoms with Crippen molar-refractivity contribution in [1.29, 1.82) is 0 Å². The Hall–Kier alpha value is -2.43. The minimum absolute atomic E-state index is 1.31. The molecule has 0 atom stereocenters. The lowest BCUT2D eigenvalue weighted by molar-refractivity contribution is 1.20. The van der Waals surface area contributed by atoms with Gasteiger partial charge in [0.1, 0.15) is 0 Å². The summed E-state index contributed by atoms with van der Waals surface area (Å²) in [4.78, 5) is 0. The second kappa shape index (κ2) is 9.80. The third-order valence-electron chi connectivity index (χ3n) is 9.97. The molecule has 0 heterocycles. The molecule has 0 aliphatic rings. The molecule has 0 saturated heterocycles. The zero-order chi connectivity index (χ0) is 25.5. The van der Waals surface area contributed by atoms with Crippen molar-refractivity contribution in [2.75, 3.05) is 0 Å². The van der Waals surface area contributed by atoms with Gasteiger partial charge in [-0.2, -0.15) is 0 Å². The Balaban J connectivity index is 2.08. The minimum Gasteiger partial charge on any atom is -0.0675 e. The van der Waals surface area contributed by atoms with Crippen molar-refractivity contribution in [3.8, 4) is 0 Å². The molecule has 5 rings (SSSR count). The van der Waals surface area contributed by atoms with Crippen LogP contribution in [0.15, 0.2) is 72.8 Å². The second-order valence-electron chi connectivity index (χ2n) is 10.9. The first-order chi connectivity index (χ1) is 17.5. The van der Waals surface area contributed by atoms with E-state index in [0.29, 0.717) is 0 Å². The fourth-order valence-corrected chi connectivity index (χ4v) is 15.6. The highest BCUT2D eigenvalue weighted by Crippen LogP contribution is 2.36. The fourth-order valence-electron chi connectivity index (χ4n) is 7.32. The normalized spacial score (nSPS) is 12.8. The average molecular weight is 507 g/mol. The molecule has 0 aliphatic heterocycles. The maximum atomic E-state index is 2.60. The summed E-state index contributed by atoms with van der Waals surface area (Å²) in [7, 11) is -3.32. The number of fused-ring (bicyclic) bond motifs is 4. The van der Waals surface area contributed by atoms with Gasteiger partial charge in [0, 0.05) is 0 Å². The van der Waals surface area contributed by atoms with Crippen molar-refractivity contribution in [3.63, 3.8) is 0 Å². The molecular formula is C34H42Si2. The van der Waals surface area contributed by atoms with Gasteiger partial charge in [0.25, 0.3) is 0 Å². The van der Waals surface area contributed by atoms with Crippen LogP contribution in [-0.2, 0) is 0 Å². The third-order valence-corrected chi connectivity index (χ3v) is 21.3. The van der Waals surface area contributed by atoms with E-state index < -0.39 is 16.1 Å². The SMILES string of the molecule is CC[Si](CC)(CC)c1c2ccccc2c([Si](CC)(CC)CC)c2cc3cc4ccccc4cc3cc12. The summed E-state index contributed by atoms with van der Waals surface area (Å²) in [5, 5.41) is 15.3. The number of hydrogen-bond donors (Lipinski definition) is 0. The number of benzene rings is 5. The number of hydrogen-bond acceptors (Lipinski definition) is 0. The van der Waals surface area contributed by atoms with Gasteiger partial charge in [-0.3, -0.25) is 0 Å². The molecule has 0 saturated carbocycles. The molecule has 0 radical (unpaired) electrons. The molecule has 2 heteroatoms. The van der Waals surface area contributed by atoms with Gasteiger partial charge in [-0.05, 0) is 77.7 Å². The number of rotatable bonds is 8. The lowest BCUT2D eigenvalue weighted by Crippen LogP contribution is -2.51. The quantitative estimate of drug-likeness (QED) is 0.145. The van der Waals surface area contributed by atoms with Crippen LogP contribution >= 0.6 is 0 Å². The summed E-state index contributed by atoms with van der Waals surface area (Å²) in [6, 6.07) is 36.3. The van der Waals surface area contributed by atoms with Crippen LogP contribution in [-0.4, -0.2) is 16.1 Å². The largest absolute Gasteiger partial charge is 0.0875 e. The summed E-state index contributed by atoms with van der Waals surface area (Å²) in [6.45, 7) is 14.8. The van der Waals surface area contributed by atoms with E-state index in [0.717, 1.165) is 0 Å². The highest BCUT2D eigenvalue weighted by molar-refractivity contribution is 6.98. The second-order valence-corrected chi connectivity index (χ2v) is 21.3. The fraction of sp³-hybridized carbons (Fsp3) is 0.353. The maximum absolute atomic E-state index is 2.60. The molecule has 0 aliphatic carbocycles. The topological polar surface area (TPSA) is 0 Å². The molecule has 0 nitrogen and oxygen atoms in total. The molecule has 0 unspecified atom stereocenters. The van der Waals surface area contributed by atoms with E-state index >= 15 is 0 Å². The molecule has 0 N–H and O–H groups in total. The minimum atomic E-state index is -1.66. The zero-order valence-corrected chi connectivity index (χ0v) is 25.2.